The molecule has 2 fully saturated rings. The predicted molar refractivity (Wildman–Crippen MR) is 96.1 cm³/mol. The maximum Gasteiger partial charge on any atom is 0.321 e. The lowest BCUT2D eigenvalue weighted by atomic mass is 9.80. The monoisotopic (exact) mass is 334 g/mol. The van der Waals surface area contributed by atoms with Crippen molar-refractivity contribution in [2.75, 3.05) is 37.9 Å². The van der Waals surface area contributed by atoms with Gasteiger partial charge in [0.2, 0.25) is 0 Å². The van der Waals surface area contributed by atoms with Gasteiger partial charge in [0.25, 0.3) is 0 Å². The Bertz CT molecular complexity index is 558. The van der Waals surface area contributed by atoms with Gasteiger partial charge >= 0.3 is 6.03 Å². The molecule has 4 nitrogen and oxygen atoms in total. The molecule has 23 heavy (non-hydrogen) atoms. The van der Waals surface area contributed by atoms with E-state index < -0.39 is 0 Å². The molecular weight excluding hydrogens is 308 g/mol. The SMILES string of the molecule is CS[C@H](C)c1cccc(NC(=O)N2CCC3(CCOCC3)C2)c1. The molecule has 2 amide bonds. The number of hydrogen-bond donors (Lipinski definition) is 1. The molecule has 5 heteroatoms. The number of thioether (sulfide) groups is 1. The van der Waals surface area contributed by atoms with Gasteiger partial charge in [-0.05, 0) is 55.6 Å². The van der Waals surface area contributed by atoms with Crippen molar-refractivity contribution in [2.24, 2.45) is 5.41 Å². The van der Waals surface area contributed by atoms with Gasteiger partial charge in [-0.1, -0.05) is 12.1 Å². The van der Waals surface area contributed by atoms with Crippen molar-refractivity contribution in [3.05, 3.63) is 29.8 Å². The number of rotatable bonds is 3. The highest BCUT2D eigenvalue weighted by Crippen LogP contribution is 2.39. The number of nitrogens with zero attached hydrogens (tertiary/aromatic N) is 1. The fourth-order valence-electron chi connectivity index (χ4n) is 3.53. The Balaban J connectivity index is 1.61. The zero-order valence-electron chi connectivity index (χ0n) is 14.0. The fourth-order valence-corrected chi connectivity index (χ4v) is 3.95. The first-order valence-corrected chi connectivity index (χ1v) is 9.67. The summed E-state index contributed by atoms with van der Waals surface area (Å²) < 4.78 is 5.47. The van der Waals surface area contributed by atoms with E-state index in [-0.39, 0.29) is 6.03 Å². The fraction of sp³-hybridized carbons (Fsp3) is 0.611. The summed E-state index contributed by atoms with van der Waals surface area (Å²) in [7, 11) is 0. The molecule has 1 aromatic carbocycles. The molecule has 0 unspecified atom stereocenters. The molecule has 0 radical (unpaired) electrons. The molecule has 3 rings (SSSR count). The average Bonchev–Trinajstić information content (AvgIpc) is 2.98. The smallest absolute Gasteiger partial charge is 0.321 e. The Hall–Kier alpha value is -1.20. The highest BCUT2D eigenvalue weighted by Gasteiger charge is 2.40. The van der Waals surface area contributed by atoms with E-state index in [0.29, 0.717) is 10.7 Å². The molecule has 126 valence electrons. The molecular formula is C18H26N2O2S. The van der Waals surface area contributed by atoms with Crippen molar-refractivity contribution in [2.45, 2.75) is 31.4 Å². The third-order valence-electron chi connectivity index (χ3n) is 5.24. The van der Waals surface area contributed by atoms with Gasteiger partial charge in [0.15, 0.2) is 0 Å². The van der Waals surface area contributed by atoms with Crippen LogP contribution in [0.3, 0.4) is 0 Å². The van der Waals surface area contributed by atoms with Gasteiger partial charge in [0, 0.05) is 37.2 Å². The van der Waals surface area contributed by atoms with E-state index in [1.165, 1.54) is 5.56 Å². The van der Waals surface area contributed by atoms with Crippen LogP contribution in [-0.4, -0.2) is 43.5 Å². The van der Waals surface area contributed by atoms with Crippen LogP contribution in [0.25, 0.3) is 0 Å². The summed E-state index contributed by atoms with van der Waals surface area (Å²) in [6.07, 6.45) is 5.37. The number of benzene rings is 1. The maximum absolute atomic E-state index is 12.6. The molecule has 0 aliphatic carbocycles. The number of nitrogens with one attached hydrogen (secondary N) is 1. The van der Waals surface area contributed by atoms with Gasteiger partial charge in [-0.25, -0.2) is 4.79 Å². The van der Waals surface area contributed by atoms with Gasteiger partial charge < -0.3 is 15.0 Å². The number of carbonyl (C=O) groups is 1. The maximum atomic E-state index is 12.6. The number of carbonyl (C=O) groups excluding carboxylic acids is 1. The number of likely N-dealkylation sites (tertiary alicyclic amines) is 1. The number of ether oxygens (including phenoxy) is 1. The van der Waals surface area contributed by atoms with Crippen molar-refractivity contribution < 1.29 is 9.53 Å². The normalized spacial score (nSPS) is 21.4. The minimum Gasteiger partial charge on any atom is -0.381 e. The molecule has 1 spiro atoms. The molecule has 2 aliphatic rings. The van der Waals surface area contributed by atoms with Crippen LogP contribution < -0.4 is 5.32 Å². The molecule has 1 atom stereocenters. The molecule has 1 aromatic rings. The Morgan fingerprint density at radius 3 is 2.87 bits per heavy atom. The number of anilines is 1. The van der Waals surface area contributed by atoms with E-state index in [0.717, 1.165) is 51.3 Å². The van der Waals surface area contributed by atoms with Gasteiger partial charge in [0.05, 0.1) is 0 Å². The van der Waals surface area contributed by atoms with Crippen LogP contribution in [0, 0.1) is 5.41 Å². The summed E-state index contributed by atoms with van der Waals surface area (Å²) in [5.74, 6) is 0. The Kier molecular flexibility index (Phi) is 5.17. The van der Waals surface area contributed by atoms with E-state index >= 15 is 0 Å². The van der Waals surface area contributed by atoms with Crippen LogP contribution in [0.4, 0.5) is 10.5 Å². The summed E-state index contributed by atoms with van der Waals surface area (Å²) in [6, 6.07) is 8.21. The zero-order valence-corrected chi connectivity index (χ0v) is 14.8. The Morgan fingerprint density at radius 2 is 2.13 bits per heavy atom. The third-order valence-corrected chi connectivity index (χ3v) is 6.22. The molecule has 0 aromatic heterocycles. The van der Waals surface area contributed by atoms with Gasteiger partial charge in [0.1, 0.15) is 0 Å². The zero-order chi connectivity index (χ0) is 16.3. The first-order chi connectivity index (χ1) is 11.1. The first kappa shape index (κ1) is 16.7. The van der Waals surface area contributed by atoms with E-state index in [9.17, 15) is 4.79 Å². The quantitative estimate of drug-likeness (QED) is 0.903. The lowest BCUT2D eigenvalue weighted by molar-refractivity contribution is 0.0211. The van der Waals surface area contributed by atoms with Gasteiger partial charge in [-0.15, -0.1) is 0 Å². The van der Waals surface area contributed by atoms with Crippen molar-refractivity contribution in [3.8, 4) is 0 Å². The van der Waals surface area contributed by atoms with Crippen LogP contribution in [0.1, 0.15) is 37.0 Å². The number of urea groups is 1. The highest BCUT2D eigenvalue weighted by molar-refractivity contribution is 7.98. The molecule has 2 heterocycles. The second-order valence-corrected chi connectivity index (χ2v) is 7.90. The number of amides is 2. The molecule has 2 saturated heterocycles. The highest BCUT2D eigenvalue weighted by atomic mass is 32.2. The molecule has 1 N–H and O–H groups in total. The Morgan fingerprint density at radius 1 is 1.35 bits per heavy atom. The Labute approximate surface area is 143 Å². The first-order valence-electron chi connectivity index (χ1n) is 8.38. The average molecular weight is 334 g/mol. The summed E-state index contributed by atoms with van der Waals surface area (Å²) in [6.45, 7) is 5.57. The van der Waals surface area contributed by atoms with Crippen LogP contribution in [0.15, 0.2) is 24.3 Å². The minimum absolute atomic E-state index is 0.0299. The lowest BCUT2D eigenvalue weighted by Gasteiger charge is -2.33. The van der Waals surface area contributed by atoms with Gasteiger partial charge in [-0.3, -0.25) is 0 Å². The van der Waals surface area contributed by atoms with Crippen molar-refractivity contribution in [3.63, 3.8) is 0 Å². The predicted octanol–water partition coefficient (Wildman–Crippen LogP) is 4.15. The summed E-state index contributed by atoms with van der Waals surface area (Å²) in [4.78, 5) is 14.5. The van der Waals surface area contributed by atoms with Crippen molar-refractivity contribution in [1.29, 1.82) is 0 Å². The van der Waals surface area contributed by atoms with Crippen LogP contribution in [0.2, 0.25) is 0 Å². The molecule has 2 aliphatic heterocycles. The van der Waals surface area contributed by atoms with Crippen molar-refractivity contribution >= 4 is 23.5 Å². The topological polar surface area (TPSA) is 41.6 Å². The van der Waals surface area contributed by atoms with E-state index in [4.69, 9.17) is 4.74 Å². The second kappa shape index (κ2) is 7.14. The largest absolute Gasteiger partial charge is 0.381 e. The van der Waals surface area contributed by atoms with Crippen LogP contribution in [0.5, 0.6) is 0 Å². The second-order valence-electron chi connectivity index (χ2n) is 6.72. The lowest BCUT2D eigenvalue weighted by Crippen LogP contribution is -2.37. The van der Waals surface area contributed by atoms with Gasteiger partial charge in [-0.2, -0.15) is 11.8 Å². The summed E-state index contributed by atoms with van der Waals surface area (Å²) in [5.41, 5.74) is 2.43. The number of hydrogen-bond acceptors (Lipinski definition) is 3. The summed E-state index contributed by atoms with van der Waals surface area (Å²) >= 11 is 1.81. The van der Waals surface area contributed by atoms with Crippen LogP contribution >= 0.6 is 11.8 Å². The van der Waals surface area contributed by atoms with E-state index in [1.54, 1.807) is 0 Å². The summed E-state index contributed by atoms with van der Waals surface area (Å²) in [5, 5.41) is 3.51. The third kappa shape index (κ3) is 3.83. The molecule has 0 saturated carbocycles. The van der Waals surface area contributed by atoms with E-state index in [1.807, 2.05) is 28.8 Å². The molecule has 0 bridgehead atoms. The van der Waals surface area contributed by atoms with E-state index in [2.05, 4.69) is 30.6 Å². The minimum atomic E-state index is 0.0299. The standard InChI is InChI=1S/C18H26N2O2S/c1-14(23-2)15-4-3-5-16(12-15)19-17(21)20-9-6-18(13-20)7-10-22-11-8-18/h3-5,12,14H,6-11,13H2,1-2H3,(H,19,21)/t14-/m1/s1. The van der Waals surface area contributed by atoms with Crippen molar-refractivity contribution in [1.82, 2.24) is 4.90 Å². The van der Waals surface area contributed by atoms with Crippen LogP contribution in [-0.2, 0) is 4.74 Å².